The van der Waals surface area contributed by atoms with Gasteiger partial charge in [-0.1, -0.05) is 12.1 Å². The van der Waals surface area contributed by atoms with Crippen LogP contribution in [0.5, 0.6) is 0 Å². The molecule has 108 valence electrons. The van der Waals surface area contributed by atoms with E-state index in [0.29, 0.717) is 17.5 Å². The first-order valence-corrected chi connectivity index (χ1v) is 7.41. The van der Waals surface area contributed by atoms with Gasteiger partial charge in [0, 0.05) is 16.2 Å². The SMILES string of the molecule is COC(=O)C(C)c1ccc(/C=C2/SCCC2O)c(F)c1. The van der Waals surface area contributed by atoms with E-state index in [9.17, 15) is 14.3 Å². The first kappa shape index (κ1) is 15.1. The minimum absolute atomic E-state index is 0.391. The Kier molecular flexibility index (Phi) is 4.83. The number of methoxy groups -OCH3 is 1. The van der Waals surface area contributed by atoms with Crippen LogP contribution < -0.4 is 0 Å². The fraction of sp³-hybridized carbons (Fsp3) is 0.400. The maximum atomic E-state index is 14.1. The Hall–Kier alpha value is -1.33. The van der Waals surface area contributed by atoms with Crippen molar-refractivity contribution in [2.45, 2.75) is 25.4 Å². The lowest BCUT2D eigenvalue weighted by Gasteiger charge is -2.10. The molecule has 0 aliphatic carbocycles. The van der Waals surface area contributed by atoms with Crippen LogP contribution in [0.2, 0.25) is 0 Å². The Labute approximate surface area is 121 Å². The van der Waals surface area contributed by atoms with Gasteiger partial charge in [0.05, 0.1) is 19.1 Å². The first-order chi connectivity index (χ1) is 9.52. The third kappa shape index (κ3) is 3.22. The number of aliphatic hydroxyl groups is 1. The third-order valence-corrected chi connectivity index (χ3v) is 4.53. The third-order valence-electron chi connectivity index (χ3n) is 3.37. The number of hydrogen-bond donors (Lipinski definition) is 1. The average Bonchev–Trinajstić information content (AvgIpc) is 2.84. The number of thioether (sulfide) groups is 1. The highest BCUT2D eigenvalue weighted by Crippen LogP contribution is 2.33. The molecule has 2 rings (SSSR count). The van der Waals surface area contributed by atoms with Gasteiger partial charge in [-0.25, -0.2) is 4.39 Å². The van der Waals surface area contributed by atoms with Crippen LogP contribution in [0.4, 0.5) is 4.39 Å². The predicted octanol–water partition coefficient (Wildman–Crippen LogP) is 2.94. The van der Waals surface area contributed by atoms with Crippen LogP contribution in [-0.2, 0) is 9.53 Å². The molecule has 1 aromatic carbocycles. The van der Waals surface area contributed by atoms with E-state index in [0.717, 1.165) is 10.7 Å². The molecule has 1 heterocycles. The Balaban J connectivity index is 2.24. The van der Waals surface area contributed by atoms with E-state index in [4.69, 9.17) is 0 Å². The zero-order valence-electron chi connectivity index (χ0n) is 11.4. The van der Waals surface area contributed by atoms with Gasteiger partial charge in [0.25, 0.3) is 0 Å². The summed E-state index contributed by atoms with van der Waals surface area (Å²) in [7, 11) is 1.31. The summed E-state index contributed by atoms with van der Waals surface area (Å²) in [5.41, 5.74) is 1.00. The predicted molar refractivity (Wildman–Crippen MR) is 77.9 cm³/mol. The van der Waals surface area contributed by atoms with Crippen molar-refractivity contribution < 1.29 is 19.0 Å². The molecule has 3 nitrogen and oxygen atoms in total. The molecule has 0 aromatic heterocycles. The average molecular weight is 296 g/mol. The minimum atomic E-state index is -0.498. The van der Waals surface area contributed by atoms with E-state index >= 15 is 0 Å². The lowest BCUT2D eigenvalue weighted by molar-refractivity contribution is -0.141. The molecule has 1 saturated heterocycles. The number of carbonyl (C=O) groups is 1. The monoisotopic (exact) mass is 296 g/mol. The maximum absolute atomic E-state index is 14.1. The van der Waals surface area contributed by atoms with Crippen molar-refractivity contribution >= 4 is 23.8 Å². The van der Waals surface area contributed by atoms with Crippen LogP contribution in [0.25, 0.3) is 6.08 Å². The fourth-order valence-electron chi connectivity index (χ4n) is 2.06. The van der Waals surface area contributed by atoms with Crippen LogP contribution in [0.1, 0.15) is 30.4 Å². The highest BCUT2D eigenvalue weighted by atomic mass is 32.2. The molecule has 0 spiro atoms. The molecule has 0 bridgehead atoms. The van der Waals surface area contributed by atoms with Gasteiger partial charge in [0.1, 0.15) is 5.82 Å². The molecule has 5 heteroatoms. The summed E-state index contributed by atoms with van der Waals surface area (Å²) in [5, 5.41) is 9.72. The summed E-state index contributed by atoms with van der Waals surface area (Å²) < 4.78 is 18.7. The van der Waals surface area contributed by atoms with Crippen molar-refractivity contribution in [3.63, 3.8) is 0 Å². The highest BCUT2D eigenvalue weighted by molar-refractivity contribution is 8.03. The second kappa shape index (κ2) is 6.41. The molecule has 0 saturated carbocycles. The van der Waals surface area contributed by atoms with Gasteiger partial charge in [-0.3, -0.25) is 4.79 Å². The van der Waals surface area contributed by atoms with Gasteiger partial charge in [-0.05, 0) is 31.1 Å². The van der Waals surface area contributed by atoms with Gasteiger partial charge < -0.3 is 9.84 Å². The quantitative estimate of drug-likeness (QED) is 0.871. The number of carbonyl (C=O) groups excluding carboxylic acids is 1. The Morgan fingerprint density at radius 3 is 2.90 bits per heavy atom. The Bertz CT molecular complexity index is 542. The van der Waals surface area contributed by atoms with E-state index in [2.05, 4.69) is 4.74 Å². The van der Waals surface area contributed by atoms with Crippen molar-refractivity contribution in [1.82, 2.24) is 0 Å². The highest BCUT2D eigenvalue weighted by Gasteiger charge is 2.20. The first-order valence-electron chi connectivity index (χ1n) is 6.42. The standard InChI is InChI=1S/C15H17FO3S/c1-9(15(18)19-2)10-3-4-11(12(16)7-10)8-14-13(17)5-6-20-14/h3-4,7-9,13,17H,5-6H2,1-2H3/b14-8+. The summed E-state index contributed by atoms with van der Waals surface area (Å²) in [4.78, 5) is 12.2. The lowest BCUT2D eigenvalue weighted by Crippen LogP contribution is -2.11. The minimum Gasteiger partial charge on any atom is -0.469 e. The van der Waals surface area contributed by atoms with Crippen molar-refractivity contribution in [2.75, 3.05) is 12.9 Å². The van der Waals surface area contributed by atoms with E-state index < -0.39 is 23.8 Å². The van der Waals surface area contributed by atoms with Gasteiger partial charge >= 0.3 is 5.97 Å². The van der Waals surface area contributed by atoms with Crippen LogP contribution in [0.15, 0.2) is 23.1 Å². The van der Waals surface area contributed by atoms with Crippen LogP contribution in [-0.4, -0.2) is 30.0 Å². The number of esters is 1. The van der Waals surface area contributed by atoms with Crippen molar-refractivity contribution in [3.05, 3.63) is 40.0 Å². The number of benzene rings is 1. The summed E-state index contributed by atoms with van der Waals surface area (Å²) in [6.45, 7) is 1.68. The van der Waals surface area contributed by atoms with Gasteiger partial charge in [0.2, 0.25) is 0 Å². The van der Waals surface area contributed by atoms with Crippen LogP contribution >= 0.6 is 11.8 Å². The molecule has 1 fully saturated rings. The molecule has 1 aliphatic heterocycles. The second-order valence-corrected chi connectivity index (χ2v) is 5.89. The maximum Gasteiger partial charge on any atom is 0.312 e. The molecule has 0 amide bonds. The smallest absolute Gasteiger partial charge is 0.312 e. The molecule has 20 heavy (non-hydrogen) atoms. The second-order valence-electron chi connectivity index (χ2n) is 4.73. The van der Waals surface area contributed by atoms with E-state index in [1.165, 1.54) is 13.2 Å². The Morgan fingerprint density at radius 2 is 2.35 bits per heavy atom. The topological polar surface area (TPSA) is 46.5 Å². The van der Waals surface area contributed by atoms with Gasteiger partial charge in [-0.2, -0.15) is 0 Å². The Morgan fingerprint density at radius 1 is 1.60 bits per heavy atom. The summed E-state index contributed by atoms with van der Waals surface area (Å²) in [6.07, 6.45) is 1.88. The van der Waals surface area contributed by atoms with Crippen molar-refractivity contribution in [3.8, 4) is 0 Å². The molecule has 1 N–H and O–H groups in total. The molecule has 1 aliphatic rings. The molecular formula is C15H17FO3S. The number of halogens is 1. The van der Waals surface area contributed by atoms with Gasteiger partial charge in [-0.15, -0.1) is 11.8 Å². The molecular weight excluding hydrogens is 279 g/mol. The van der Waals surface area contributed by atoms with E-state index in [1.807, 2.05) is 0 Å². The molecule has 2 unspecified atom stereocenters. The molecule has 1 aromatic rings. The molecule has 2 atom stereocenters. The van der Waals surface area contributed by atoms with E-state index in [-0.39, 0.29) is 0 Å². The summed E-state index contributed by atoms with van der Waals surface area (Å²) >= 11 is 1.54. The fourth-order valence-corrected chi connectivity index (χ4v) is 3.16. The molecule has 0 radical (unpaired) electrons. The number of ether oxygens (including phenoxy) is 1. The van der Waals surface area contributed by atoms with Crippen LogP contribution in [0.3, 0.4) is 0 Å². The normalized spacial score (nSPS) is 22.0. The lowest BCUT2D eigenvalue weighted by atomic mass is 9.99. The zero-order valence-corrected chi connectivity index (χ0v) is 12.2. The van der Waals surface area contributed by atoms with E-state index in [1.54, 1.807) is 36.9 Å². The van der Waals surface area contributed by atoms with Crippen molar-refractivity contribution in [2.24, 2.45) is 0 Å². The largest absolute Gasteiger partial charge is 0.469 e. The van der Waals surface area contributed by atoms with Crippen molar-refractivity contribution in [1.29, 1.82) is 0 Å². The number of aliphatic hydroxyl groups excluding tert-OH is 1. The van der Waals surface area contributed by atoms with Crippen LogP contribution in [0, 0.1) is 5.82 Å². The van der Waals surface area contributed by atoms with Gasteiger partial charge in [0.15, 0.2) is 0 Å². The zero-order chi connectivity index (χ0) is 14.7. The summed E-state index contributed by atoms with van der Waals surface area (Å²) in [6, 6.07) is 4.69. The summed E-state index contributed by atoms with van der Waals surface area (Å²) in [5.74, 6) is -0.433. The number of hydrogen-bond acceptors (Lipinski definition) is 4. The number of rotatable bonds is 3.